The Kier molecular flexibility index (Phi) is 5.23. The molecule has 0 amide bonds. The van der Waals surface area contributed by atoms with Crippen LogP contribution in [0.1, 0.15) is 23.6 Å². The van der Waals surface area contributed by atoms with Gasteiger partial charge in [-0.15, -0.1) is 0 Å². The minimum Gasteiger partial charge on any atom is -0.489 e. The highest BCUT2D eigenvalue weighted by Gasteiger charge is 2.00. The van der Waals surface area contributed by atoms with Gasteiger partial charge in [-0.05, 0) is 30.2 Å². The lowest BCUT2D eigenvalue weighted by Gasteiger charge is -2.08. The average Bonchev–Trinajstić information content (AvgIpc) is 2.52. The molecule has 0 aromatic heterocycles. The molecule has 2 N–H and O–H groups in total. The molecule has 2 aromatic carbocycles. The quantitative estimate of drug-likeness (QED) is 0.862. The van der Waals surface area contributed by atoms with Crippen LogP contribution in [0.5, 0.6) is 5.75 Å². The lowest BCUT2D eigenvalue weighted by Crippen LogP contribution is -1.99. The van der Waals surface area contributed by atoms with Gasteiger partial charge in [0, 0.05) is 11.1 Å². The van der Waals surface area contributed by atoms with E-state index in [1.165, 1.54) is 5.56 Å². The Hall–Kier alpha value is -2.24. The van der Waals surface area contributed by atoms with E-state index in [0.29, 0.717) is 13.2 Å². The third-order valence-corrected chi connectivity index (χ3v) is 3.07. The summed E-state index contributed by atoms with van der Waals surface area (Å²) in [6, 6.07) is 16.2. The normalized spacial score (nSPS) is 9.70. The highest BCUT2D eigenvalue weighted by Crippen LogP contribution is 2.16. The smallest absolute Gasteiger partial charge is 0.119 e. The van der Waals surface area contributed by atoms with Crippen molar-refractivity contribution in [3.8, 4) is 17.6 Å². The zero-order chi connectivity index (χ0) is 14.2. The number of hydrogen-bond acceptors (Lipinski definition) is 2. The van der Waals surface area contributed by atoms with Crippen LogP contribution in [0.4, 0.5) is 0 Å². The second kappa shape index (κ2) is 7.37. The largest absolute Gasteiger partial charge is 0.489 e. The molecule has 0 aliphatic rings. The minimum absolute atomic E-state index is 0.369. The van der Waals surface area contributed by atoms with E-state index in [-0.39, 0.29) is 0 Å². The van der Waals surface area contributed by atoms with Crippen LogP contribution in [0.25, 0.3) is 0 Å². The van der Waals surface area contributed by atoms with E-state index in [4.69, 9.17) is 10.5 Å². The number of hydrogen-bond donors (Lipinski definition) is 1. The van der Waals surface area contributed by atoms with E-state index < -0.39 is 0 Å². The molecule has 0 bridgehead atoms. The molecule has 0 heterocycles. The summed E-state index contributed by atoms with van der Waals surface area (Å²) in [7, 11) is 0. The molecule has 0 saturated carbocycles. The van der Waals surface area contributed by atoms with Crippen LogP contribution in [-0.2, 0) is 13.0 Å². The molecule has 2 heteroatoms. The molecule has 0 fully saturated rings. The lowest BCUT2D eigenvalue weighted by molar-refractivity contribution is 0.306. The standard InChI is InChI=1S/C18H19NO/c1-2-15-9-11-18(12-10-15)20-14-17-7-4-3-6-16(17)8-5-13-19/h3-4,6-7,9-12H,2,13-14,19H2,1H3. The van der Waals surface area contributed by atoms with E-state index in [2.05, 4.69) is 30.9 Å². The zero-order valence-corrected chi connectivity index (χ0v) is 11.7. The monoisotopic (exact) mass is 265 g/mol. The third-order valence-electron chi connectivity index (χ3n) is 3.07. The summed E-state index contributed by atoms with van der Waals surface area (Å²) in [6.45, 7) is 3.02. The van der Waals surface area contributed by atoms with Gasteiger partial charge in [-0.25, -0.2) is 0 Å². The van der Waals surface area contributed by atoms with Gasteiger partial charge in [0.15, 0.2) is 0 Å². The molecule has 0 spiro atoms. The summed E-state index contributed by atoms with van der Waals surface area (Å²) >= 11 is 0. The Labute approximate surface area is 120 Å². The summed E-state index contributed by atoms with van der Waals surface area (Å²) < 4.78 is 5.81. The van der Waals surface area contributed by atoms with Crippen LogP contribution < -0.4 is 10.5 Å². The van der Waals surface area contributed by atoms with Gasteiger partial charge in [0.1, 0.15) is 12.4 Å². The number of rotatable bonds is 4. The highest BCUT2D eigenvalue weighted by atomic mass is 16.5. The molecule has 20 heavy (non-hydrogen) atoms. The Bertz CT molecular complexity index is 605. The number of nitrogens with two attached hydrogens (primary N) is 1. The molecule has 2 aromatic rings. The minimum atomic E-state index is 0.369. The number of benzene rings is 2. The predicted octanol–water partition coefficient (Wildman–Crippen LogP) is 3.14. The van der Waals surface area contributed by atoms with Crippen molar-refractivity contribution in [3.05, 3.63) is 65.2 Å². The zero-order valence-electron chi connectivity index (χ0n) is 11.7. The first-order valence-electron chi connectivity index (χ1n) is 6.82. The maximum Gasteiger partial charge on any atom is 0.119 e. The summed E-state index contributed by atoms with van der Waals surface area (Å²) in [5, 5.41) is 0. The summed E-state index contributed by atoms with van der Waals surface area (Å²) in [4.78, 5) is 0. The summed E-state index contributed by atoms with van der Waals surface area (Å²) in [6.07, 6.45) is 1.04. The van der Waals surface area contributed by atoms with Gasteiger partial charge in [0.25, 0.3) is 0 Å². The molecule has 0 saturated heterocycles. The highest BCUT2D eigenvalue weighted by molar-refractivity contribution is 5.41. The van der Waals surface area contributed by atoms with Crippen LogP contribution in [0.15, 0.2) is 48.5 Å². The van der Waals surface area contributed by atoms with Crippen LogP contribution in [0, 0.1) is 11.8 Å². The van der Waals surface area contributed by atoms with E-state index in [0.717, 1.165) is 23.3 Å². The van der Waals surface area contributed by atoms with Crippen molar-refractivity contribution in [3.63, 3.8) is 0 Å². The van der Waals surface area contributed by atoms with Crippen molar-refractivity contribution in [2.24, 2.45) is 5.73 Å². The van der Waals surface area contributed by atoms with Crippen molar-refractivity contribution in [2.45, 2.75) is 20.0 Å². The van der Waals surface area contributed by atoms with Crippen molar-refractivity contribution in [1.29, 1.82) is 0 Å². The van der Waals surface area contributed by atoms with Crippen LogP contribution in [0.2, 0.25) is 0 Å². The van der Waals surface area contributed by atoms with Crippen molar-refractivity contribution in [1.82, 2.24) is 0 Å². The van der Waals surface area contributed by atoms with Crippen molar-refractivity contribution in [2.75, 3.05) is 6.54 Å². The SMILES string of the molecule is CCc1ccc(OCc2ccccc2C#CCN)cc1. The molecule has 0 unspecified atom stereocenters. The molecule has 0 aliphatic heterocycles. The maximum atomic E-state index is 5.81. The molecule has 0 aliphatic carbocycles. The van der Waals surface area contributed by atoms with Gasteiger partial charge >= 0.3 is 0 Å². The Morgan fingerprint density at radius 1 is 1.05 bits per heavy atom. The van der Waals surface area contributed by atoms with Gasteiger partial charge in [-0.2, -0.15) is 0 Å². The van der Waals surface area contributed by atoms with Gasteiger partial charge in [-0.1, -0.05) is 49.1 Å². The predicted molar refractivity (Wildman–Crippen MR) is 82.5 cm³/mol. The number of aryl methyl sites for hydroxylation is 1. The van der Waals surface area contributed by atoms with E-state index >= 15 is 0 Å². The van der Waals surface area contributed by atoms with E-state index in [9.17, 15) is 0 Å². The first-order chi connectivity index (χ1) is 9.83. The van der Waals surface area contributed by atoms with E-state index in [1.54, 1.807) is 0 Å². The second-order valence-corrected chi connectivity index (χ2v) is 4.45. The topological polar surface area (TPSA) is 35.2 Å². The molecule has 2 nitrogen and oxygen atoms in total. The Morgan fingerprint density at radius 2 is 1.80 bits per heavy atom. The first-order valence-corrected chi connectivity index (χ1v) is 6.82. The van der Waals surface area contributed by atoms with Crippen LogP contribution >= 0.6 is 0 Å². The second-order valence-electron chi connectivity index (χ2n) is 4.45. The first kappa shape index (κ1) is 14.2. The van der Waals surface area contributed by atoms with Crippen LogP contribution in [0.3, 0.4) is 0 Å². The third kappa shape index (κ3) is 3.88. The molecule has 102 valence electrons. The molecule has 0 radical (unpaired) electrons. The fourth-order valence-corrected chi connectivity index (χ4v) is 1.90. The summed E-state index contributed by atoms with van der Waals surface area (Å²) in [5.41, 5.74) is 8.78. The van der Waals surface area contributed by atoms with Crippen molar-refractivity contribution >= 4 is 0 Å². The molecule has 0 atom stereocenters. The average molecular weight is 265 g/mol. The van der Waals surface area contributed by atoms with Gasteiger partial charge in [0.05, 0.1) is 6.54 Å². The van der Waals surface area contributed by atoms with Gasteiger partial charge in [0.2, 0.25) is 0 Å². The Morgan fingerprint density at radius 3 is 2.50 bits per heavy atom. The van der Waals surface area contributed by atoms with Crippen LogP contribution in [-0.4, -0.2) is 6.54 Å². The number of ether oxygens (including phenoxy) is 1. The van der Waals surface area contributed by atoms with Crippen molar-refractivity contribution < 1.29 is 4.74 Å². The fraction of sp³-hybridized carbons (Fsp3) is 0.222. The van der Waals surface area contributed by atoms with Gasteiger partial charge in [-0.3, -0.25) is 0 Å². The molecular weight excluding hydrogens is 246 g/mol. The molecule has 2 rings (SSSR count). The Balaban J connectivity index is 2.06. The fourth-order valence-electron chi connectivity index (χ4n) is 1.90. The molecular formula is C18H19NO. The van der Waals surface area contributed by atoms with Gasteiger partial charge < -0.3 is 10.5 Å². The lowest BCUT2D eigenvalue weighted by atomic mass is 10.1. The maximum absolute atomic E-state index is 5.81. The summed E-state index contributed by atoms with van der Waals surface area (Å²) in [5.74, 6) is 6.83. The van der Waals surface area contributed by atoms with E-state index in [1.807, 2.05) is 36.4 Å².